The molecule has 808 valence electrons. The number of fused-ring (bicyclic) bond motifs is 1. The number of ketones is 1. The van der Waals surface area contributed by atoms with E-state index in [0.29, 0.717) is 138 Å². The van der Waals surface area contributed by atoms with Crippen LogP contribution in [0.4, 0.5) is 30.6 Å². The Labute approximate surface area is 852 Å². The number of azide groups is 2. The number of unbranched alkanes of at least 4 members (excludes halogenated alkanes) is 2. The van der Waals surface area contributed by atoms with Crippen LogP contribution in [0.25, 0.3) is 43.4 Å². The van der Waals surface area contributed by atoms with Gasteiger partial charge in [-0.3, -0.25) is 39.4 Å². The number of hydrogen-bond donors (Lipinski definition) is 5. The van der Waals surface area contributed by atoms with Crippen LogP contribution in [-0.4, -0.2) is 303 Å². The number of carbonyl (C=O) groups excluding carboxylic acids is 7. The number of nitrogens with zero attached hydrogens (tertiary/aromatic N) is 16. The molecule has 5 saturated heterocycles. The van der Waals surface area contributed by atoms with Crippen molar-refractivity contribution in [1.29, 1.82) is 0 Å². The number of aryl methyl sites for hydroxylation is 2. The summed E-state index contributed by atoms with van der Waals surface area (Å²) >= 11 is 0. The molecule has 0 spiro atoms. The highest BCUT2D eigenvalue weighted by Crippen LogP contribution is 2.46. The summed E-state index contributed by atoms with van der Waals surface area (Å²) in [6.45, 7) is 47.9. The minimum atomic E-state index is -1.27. The van der Waals surface area contributed by atoms with Gasteiger partial charge in [-0.15, -0.1) is 10.2 Å². The van der Waals surface area contributed by atoms with Gasteiger partial charge in [0.1, 0.15) is 40.4 Å². The van der Waals surface area contributed by atoms with Crippen LogP contribution in [0.3, 0.4) is 0 Å². The molecule has 5 fully saturated rings. The van der Waals surface area contributed by atoms with Crippen LogP contribution in [0.1, 0.15) is 245 Å². The molecule has 25 atom stereocenters. The molecule has 2 aromatic carbocycles. The molecule has 0 saturated carbocycles. The Morgan fingerprint density at radius 3 is 1.68 bits per heavy atom. The molecule has 6 aliphatic heterocycles. The topological polar surface area (TPSA) is 480 Å². The molecule has 4 aromatic rings. The lowest BCUT2D eigenvalue weighted by Crippen LogP contribution is -2.61. The van der Waals surface area contributed by atoms with Gasteiger partial charge in [0, 0.05) is 134 Å². The Balaban J connectivity index is 0.000000386. The zero-order valence-corrected chi connectivity index (χ0v) is 89.4. The number of methoxy groups -OCH3 is 2. The summed E-state index contributed by atoms with van der Waals surface area (Å²) < 4.78 is 84.8. The molecular weight excluding hydrogens is 1850 g/mol. The van der Waals surface area contributed by atoms with Crippen LogP contribution >= 0.6 is 0 Å². The number of aliphatic hydroxyl groups is 1. The third kappa shape index (κ3) is 31.1. The number of ether oxygens (including phenoxy) is 13. The molecule has 0 radical (unpaired) electrons. The van der Waals surface area contributed by atoms with Crippen LogP contribution < -0.4 is 21.3 Å². The molecule has 4 amide bonds. The number of hydrogen-bond acceptors (Lipinski definition) is 31. The third-order valence-corrected chi connectivity index (χ3v) is 28.4. The SMILES string of the molecule is C.C.CC[C@@H](O)[C@@]1(C)OC(=O)N(CCCCn2cc(-c3cccc(NC(=O)OC(C)(C)C)c3)nn2)[C@@H]1[C@@H](C)NC[C@H](C)C[C@@](C)(OC)[C@H](O[C@@H]1OC(CN=[N+]=[N-])CC(N(C)C)C1C)[C@@H](C)C1=C(C)C(=O)OC(C)(C)O1.CC[C@H]1OC(=O)[C@H](C)C(=O)[C@H](C)[C@@H](O[C@@H]2OC(CN=[N+]=[N-])CC(N(C)C)C2C)[C@](C)(OC)C[C@@H](C)CN[C@H](C)[C@H]2N(CCCCn3cc(-c4cccc(NC(=O)OC(C)(C)C)c4)nn3)C(=O)O[C@]12C. The number of cyclic esters (lactones) is 3. The van der Waals surface area contributed by atoms with Gasteiger partial charge in [0.2, 0.25) is 5.79 Å². The number of rotatable bonds is 38. The van der Waals surface area contributed by atoms with Crippen molar-refractivity contribution in [2.45, 2.75) is 383 Å². The highest BCUT2D eigenvalue weighted by atomic mass is 16.7. The molecule has 6 aliphatic rings. The Hall–Kier alpha value is -9.87. The fraction of sp³-hybridized carbons (Fsp3) is 0.757. The number of esters is 2. The molecule has 2 aromatic heterocycles. The largest absolute Gasteiger partial charge is 0.458 e. The van der Waals surface area contributed by atoms with E-state index < -0.39 is 155 Å². The molecular formula is C103H170N20O21. The summed E-state index contributed by atoms with van der Waals surface area (Å²) in [4.78, 5) is 108. The first kappa shape index (κ1) is 121. The van der Waals surface area contributed by atoms with Gasteiger partial charge >= 0.3 is 36.3 Å². The normalized spacial score (nSPS) is 29.0. The number of amides is 4. The van der Waals surface area contributed by atoms with Gasteiger partial charge in [-0.25, -0.2) is 24.0 Å². The predicted molar refractivity (Wildman–Crippen MR) is 547 cm³/mol. The van der Waals surface area contributed by atoms with Gasteiger partial charge in [-0.1, -0.05) is 115 Å². The van der Waals surface area contributed by atoms with Crippen molar-refractivity contribution < 1.29 is 100 Å². The van der Waals surface area contributed by atoms with E-state index in [1.807, 2.05) is 133 Å². The van der Waals surface area contributed by atoms with E-state index in [-0.39, 0.29) is 81.6 Å². The van der Waals surface area contributed by atoms with E-state index in [9.17, 15) is 38.7 Å². The summed E-state index contributed by atoms with van der Waals surface area (Å²) in [7, 11) is 11.2. The standard InChI is InChI=1S/C52H84N10O11.C49H78N10O10.2CH4/c1-17-41(63)52(13)43(62(48(66)73-52)24-19-18-23-61-30-39(57-59-61)36-21-20-22-37(25-36)56-47(65)72-49(7,8)9)35(6)54-28-31(2)27-51(12,67-16)44(33(4)42-34(5)45(64)71-50(10,11)70-42)69-46-32(3)40(60(14)15)26-38(68-46)29-55-58-53;1-15-39-49(11)41(59(46(63)69-49)22-17-16-21-58-28-37(54-56-58)34-19-18-20-35(23-34)53-45(62)68-47(7,8)9)33(6)51-26-29(2)25-48(10,64-14)42(31(4)40(60)32(5)43(61)66-39)67-44-30(3)38(57(12)13)24-36(65-44)27-52-55-50;;/h20-22,25,30-33,35,38,40-41,43-44,46,54,63H,17-19,23-24,26-29H2,1-16H3,(H,56,65);18-20,23,28-33,36,38-39,41-42,44,51H,15-17,21-22,24-27H2,1-14H3,(H,53,62);2*1H4/t31-,32?,33+,35-,38?,40?,41-,43-,44-,46+,51-,52-;29-,30?,31+,32-,33-,36?,38?,39-,41-,42-,44+,48-,49-;;/m11../s1. The van der Waals surface area contributed by atoms with Crippen molar-refractivity contribution in [1.82, 2.24) is 60.2 Å². The summed E-state index contributed by atoms with van der Waals surface area (Å²) in [5, 5.41) is 49.4. The second kappa shape index (κ2) is 52.1. The van der Waals surface area contributed by atoms with Crippen LogP contribution in [0.15, 0.2) is 82.5 Å². The number of aromatic nitrogens is 6. The number of carbonyl (C=O) groups is 7. The van der Waals surface area contributed by atoms with Crippen LogP contribution in [0.2, 0.25) is 0 Å². The smallest absolute Gasteiger partial charge is 0.412 e. The van der Waals surface area contributed by atoms with E-state index in [2.05, 4.69) is 92.5 Å². The molecule has 144 heavy (non-hydrogen) atoms. The number of Topliss-reactive ketones (excluding diaryl/α,β-unsaturated/α-hetero) is 1. The minimum absolute atomic E-state index is 0. The van der Waals surface area contributed by atoms with Gasteiger partial charge in [-0.05, 0) is 250 Å². The Kier molecular flexibility index (Phi) is 43.8. The quantitative estimate of drug-likeness (QED) is 0.00529. The molecule has 6 unspecified atom stereocenters. The molecule has 41 heteroatoms. The Morgan fingerprint density at radius 1 is 0.694 bits per heavy atom. The van der Waals surface area contributed by atoms with Crippen LogP contribution in [0, 0.1) is 41.4 Å². The van der Waals surface area contributed by atoms with Crippen LogP contribution in [-0.2, 0) is 89.1 Å². The lowest BCUT2D eigenvalue weighted by molar-refractivity contribution is -0.286. The number of benzene rings is 2. The second-order valence-corrected chi connectivity index (χ2v) is 43.3. The zero-order valence-electron chi connectivity index (χ0n) is 89.4. The predicted octanol–water partition coefficient (Wildman–Crippen LogP) is 17.3. The Bertz CT molecular complexity index is 5010. The molecule has 41 nitrogen and oxygen atoms in total. The fourth-order valence-corrected chi connectivity index (χ4v) is 21.0. The third-order valence-electron chi connectivity index (χ3n) is 28.4. The average Bonchev–Trinajstić information content (AvgIpc) is 1.59. The van der Waals surface area contributed by atoms with Gasteiger partial charge in [0.05, 0.1) is 84.9 Å². The molecule has 0 bridgehead atoms. The maximum Gasteiger partial charge on any atom is 0.412 e. The molecule has 5 N–H and O–H groups in total. The lowest BCUT2D eigenvalue weighted by Gasteiger charge is -2.48. The molecule has 10 rings (SSSR count). The van der Waals surface area contributed by atoms with Crippen LogP contribution in [0.5, 0.6) is 0 Å². The van der Waals surface area contributed by atoms with Gasteiger partial charge in [0.15, 0.2) is 29.6 Å². The van der Waals surface area contributed by atoms with Crippen molar-refractivity contribution in [2.75, 3.05) is 92.3 Å². The first-order chi connectivity index (χ1) is 66.6. The summed E-state index contributed by atoms with van der Waals surface area (Å²) in [5.74, 6) is -5.24. The average molecular weight is 2020 g/mol. The van der Waals surface area contributed by atoms with Crippen molar-refractivity contribution in [3.63, 3.8) is 0 Å². The summed E-state index contributed by atoms with van der Waals surface area (Å²) in [5.41, 5.74) is 16.8. The van der Waals surface area contributed by atoms with Crippen molar-refractivity contribution in [2.24, 2.45) is 51.7 Å². The monoisotopic (exact) mass is 2020 g/mol. The van der Waals surface area contributed by atoms with E-state index in [4.69, 9.17) is 72.6 Å². The van der Waals surface area contributed by atoms with Gasteiger partial charge in [-0.2, -0.15) is 0 Å². The van der Waals surface area contributed by atoms with Crippen molar-refractivity contribution >= 4 is 53.5 Å². The first-order valence-electron chi connectivity index (χ1n) is 50.2. The van der Waals surface area contributed by atoms with Gasteiger partial charge < -0.3 is 87.1 Å². The first-order valence-corrected chi connectivity index (χ1v) is 50.2. The van der Waals surface area contributed by atoms with E-state index in [1.165, 1.54) is 0 Å². The highest BCUT2D eigenvalue weighted by molar-refractivity contribution is 6.00. The van der Waals surface area contributed by atoms with E-state index >= 15 is 0 Å². The fourth-order valence-electron chi connectivity index (χ4n) is 21.0. The van der Waals surface area contributed by atoms with Gasteiger partial charge in [0.25, 0.3) is 0 Å². The van der Waals surface area contributed by atoms with E-state index in [1.54, 1.807) is 135 Å². The molecule has 8 heterocycles. The Morgan fingerprint density at radius 2 is 1.19 bits per heavy atom. The minimum Gasteiger partial charge on any atom is -0.458 e. The van der Waals surface area contributed by atoms with Crippen molar-refractivity contribution in [3.05, 3.63) is 93.1 Å². The number of nitrogens with one attached hydrogen (secondary N) is 4. The zero-order chi connectivity index (χ0) is 105. The summed E-state index contributed by atoms with van der Waals surface area (Å²) in [6.07, 6.45) is 1.39. The van der Waals surface area contributed by atoms with Crippen molar-refractivity contribution in [3.8, 4) is 22.5 Å². The van der Waals surface area contributed by atoms with E-state index in [0.717, 1.165) is 11.1 Å². The molecule has 0 aliphatic carbocycles. The maximum atomic E-state index is 14.6. The second-order valence-electron chi connectivity index (χ2n) is 43.3. The number of aliphatic hydroxyl groups excluding tert-OH is 1. The highest BCUT2D eigenvalue weighted by Gasteiger charge is 2.61. The number of anilines is 2. The summed E-state index contributed by atoms with van der Waals surface area (Å²) in [6, 6.07) is 12.9. The maximum absolute atomic E-state index is 14.6. The lowest BCUT2D eigenvalue weighted by atomic mass is 9.78.